The van der Waals surface area contributed by atoms with Gasteiger partial charge in [-0.3, -0.25) is 10.2 Å². The molecule has 1 saturated heterocycles. The van der Waals surface area contributed by atoms with E-state index in [1.165, 1.54) is 6.07 Å². The van der Waals surface area contributed by atoms with E-state index in [2.05, 4.69) is 37.2 Å². The molecule has 1 aliphatic rings. The lowest BCUT2D eigenvalue weighted by molar-refractivity contribution is 0.0986. The third-order valence-electron chi connectivity index (χ3n) is 5.85. The van der Waals surface area contributed by atoms with Crippen molar-refractivity contribution in [3.63, 3.8) is 0 Å². The first kappa shape index (κ1) is 21.5. The minimum absolute atomic E-state index is 0.0470. The van der Waals surface area contributed by atoms with Crippen LogP contribution in [0.1, 0.15) is 18.3 Å². The molecule has 0 amide bonds. The maximum absolute atomic E-state index is 12.0. The fourth-order valence-corrected chi connectivity index (χ4v) is 4.77. The highest BCUT2D eigenvalue weighted by Gasteiger charge is 2.25. The van der Waals surface area contributed by atoms with Crippen LogP contribution in [-0.2, 0) is 14.6 Å². The molecule has 172 valence electrons. The number of aromatic nitrogens is 6. The number of aromatic amines is 2. The van der Waals surface area contributed by atoms with E-state index in [9.17, 15) is 8.42 Å². The normalized spacial score (nSPS) is 17.1. The summed E-state index contributed by atoms with van der Waals surface area (Å²) in [6, 6.07) is 7.41. The number of anilines is 1. The van der Waals surface area contributed by atoms with Crippen molar-refractivity contribution in [1.82, 2.24) is 30.4 Å². The minimum Gasteiger partial charge on any atom is -0.377 e. The molecule has 4 aromatic rings. The Bertz CT molecular complexity index is 1460. The number of nitrogens with zero attached hydrogens (tertiary/aromatic N) is 5. The molecule has 1 aliphatic heterocycles. The molecule has 11 heteroatoms. The molecule has 5 heterocycles. The lowest BCUT2D eigenvalue weighted by Crippen LogP contribution is -2.44. The summed E-state index contributed by atoms with van der Waals surface area (Å²) in [5, 5.41) is 15.0. The number of aryl methyl sites for hydroxylation is 2. The van der Waals surface area contributed by atoms with Gasteiger partial charge in [0.2, 0.25) is 0 Å². The molecule has 0 spiro atoms. The van der Waals surface area contributed by atoms with Crippen molar-refractivity contribution in [1.29, 1.82) is 0 Å². The summed E-state index contributed by atoms with van der Waals surface area (Å²) >= 11 is 0. The monoisotopic (exact) mass is 467 g/mol. The Balaban J connectivity index is 1.75. The van der Waals surface area contributed by atoms with Gasteiger partial charge in [-0.2, -0.15) is 10.2 Å². The van der Waals surface area contributed by atoms with Crippen molar-refractivity contribution in [2.45, 2.75) is 31.8 Å². The molecule has 4 aromatic heterocycles. The zero-order chi connectivity index (χ0) is 23.3. The van der Waals surface area contributed by atoms with Crippen molar-refractivity contribution in [2.75, 3.05) is 30.9 Å². The number of sulfone groups is 1. The van der Waals surface area contributed by atoms with E-state index in [4.69, 9.17) is 9.72 Å². The molecule has 1 fully saturated rings. The topological polar surface area (TPSA) is 130 Å². The number of pyridine rings is 2. The first-order valence-electron chi connectivity index (χ1n) is 10.7. The van der Waals surface area contributed by atoms with Crippen LogP contribution in [0.15, 0.2) is 29.3 Å². The molecule has 0 saturated carbocycles. The lowest BCUT2D eigenvalue weighted by atomic mass is 10.0. The van der Waals surface area contributed by atoms with Crippen LogP contribution < -0.4 is 4.90 Å². The molecular weight excluding hydrogens is 442 g/mol. The standard InChI is InChI=1S/C22H25N7O3S/c1-12-9-17(26-25-12)21-22-20(27-28-21)16(10-18(24-22)29-7-8-32-11-13(29)2)15-5-6-19(23-14(15)3)33(4,30)31/h5-6,9-10,13H,7-8,11H2,1-4H3,(H,25,26)(H,27,28)/t13-/m1/s1. The number of ether oxygens (including phenoxy) is 1. The maximum atomic E-state index is 12.0. The summed E-state index contributed by atoms with van der Waals surface area (Å²) < 4.78 is 29.6. The number of nitrogens with one attached hydrogen (secondary N) is 2. The summed E-state index contributed by atoms with van der Waals surface area (Å²) in [5.74, 6) is 0.801. The summed E-state index contributed by atoms with van der Waals surface area (Å²) in [6.07, 6.45) is 1.16. The Morgan fingerprint density at radius 3 is 2.55 bits per heavy atom. The van der Waals surface area contributed by atoms with Gasteiger partial charge in [-0.15, -0.1) is 0 Å². The fourth-order valence-electron chi connectivity index (χ4n) is 4.15. The highest BCUT2D eigenvalue weighted by molar-refractivity contribution is 7.90. The minimum atomic E-state index is -3.41. The molecule has 2 N–H and O–H groups in total. The van der Waals surface area contributed by atoms with Gasteiger partial charge < -0.3 is 9.64 Å². The third kappa shape index (κ3) is 3.87. The highest BCUT2D eigenvalue weighted by Crippen LogP contribution is 2.36. The quantitative estimate of drug-likeness (QED) is 0.469. The number of H-pyrrole nitrogens is 2. The molecular formula is C22H25N7O3S. The van der Waals surface area contributed by atoms with Crippen molar-refractivity contribution >= 4 is 26.7 Å². The highest BCUT2D eigenvalue weighted by atomic mass is 32.2. The second kappa shape index (κ2) is 7.92. The van der Waals surface area contributed by atoms with Crippen LogP contribution in [0.2, 0.25) is 0 Å². The van der Waals surface area contributed by atoms with Gasteiger partial charge in [-0.1, -0.05) is 0 Å². The van der Waals surface area contributed by atoms with Crippen LogP contribution in [0.4, 0.5) is 5.82 Å². The Kier molecular flexibility index (Phi) is 5.17. The van der Waals surface area contributed by atoms with Crippen LogP contribution in [0, 0.1) is 13.8 Å². The number of rotatable bonds is 4. The molecule has 5 rings (SSSR count). The zero-order valence-electron chi connectivity index (χ0n) is 18.9. The molecule has 0 aliphatic carbocycles. The molecule has 1 atom stereocenters. The Morgan fingerprint density at radius 2 is 1.88 bits per heavy atom. The van der Waals surface area contributed by atoms with Crippen molar-refractivity contribution < 1.29 is 13.2 Å². The Labute approximate surface area is 191 Å². The zero-order valence-corrected chi connectivity index (χ0v) is 19.7. The van der Waals surface area contributed by atoms with Crippen LogP contribution in [-0.4, -0.2) is 70.8 Å². The number of fused-ring (bicyclic) bond motifs is 1. The van der Waals surface area contributed by atoms with E-state index in [-0.39, 0.29) is 11.1 Å². The van der Waals surface area contributed by atoms with E-state index in [0.717, 1.165) is 46.8 Å². The predicted molar refractivity (Wildman–Crippen MR) is 125 cm³/mol. The number of morpholine rings is 1. The molecule has 0 aromatic carbocycles. The largest absolute Gasteiger partial charge is 0.377 e. The smallest absolute Gasteiger partial charge is 0.192 e. The van der Waals surface area contributed by atoms with E-state index in [0.29, 0.717) is 29.9 Å². The summed E-state index contributed by atoms with van der Waals surface area (Å²) in [4.78, 5) is 11.5. The SMILES string of the molecule is Cc1cc(-c2[nH]nc3c(-c4ccc(S(C)(=O)=O)nc4C)cc(N4CCOC[C@H]4C)nc23)n[nH]1. The summed E-state index contributed by atoms with van der Waals surface area (Å²) in [7, 11) is -3.41. The van der Waals surface area contributed by atoms with Crippen LogP contribution in [0.3, 0.4) is 0 Å². The van der Waals surface area contributed by atoms with Gasteiger partial charge in [0.15, 0.2) is 14.9 Å². The number of hydrogen-bond acceptors (Lipinski definition) is 8. The van der Waals surface area contributed by atoms with Gasteiger partial charge in [0.05, 0.1) is 19.3 Å². The Hall–Kier alpha value is -3.31. The molecule has 0 unspecified atom stereocenters. The van der Waals surface area contributed by atoms with Gasteiger partial charge in [-0.05, 0) is 45.0 Å². The van der Waals surface area contributed by atoms with E-state index >= 15 is 0 Å². The average molecular weight is 468 g/mol. The second-order valence-corrected chi connectivity index (χ2v) is 10.4. The van der Waals surface area contributed by atoms with Gasteiger partial charge in [-0.25, -0.2) is 18.4 Å². The van der Waals surface area contributed by atoms with E-state index in [1.807, 2.05) is 19.1 Å². The second-order valence-electron chi connectivity index (χ2n) is 8.43. The van der Waals surface area contributed by atoms with Gasteiger partial charge in [0.25, 0.3) is 0 Å². The van der Waals surface area contributed by atoms with Gasteiger partial charge in [0.1, 0.15) is 28.2 Å². The van der Waals surface area contributed by atoms with Gasteiger partial charge >= 0.3 is 0 Å². The van der Waals surface area contributed by atoms with E-state index < -0.39 is 9.84 Å². The van der Waals surface area contributed by atoms with E-state index in [1.54, 1.807) is 13.0 Å². The molecule has 10 nitrogen and oxygen atoms in total. The average Bonchev–Trinajstić information content (AvgIpc) is 3.38. The first-order valence-corrected chi connectivity index (χ1v) is 12.6. The first-order chi connectivity index (χ1) is 15.7. The van der Waals surface area contributed by atoms with Crippen LogP contribution >= 0.6 is 0 Å². The maximum Gasteiger partial charge on any atom is 0.192 e. The van der Waals surface area contributed by atoms with Crippen LogP contribution in [0.5, 0.6) is 0 Å². The van der Waals surface area contributed by atoms with Crippen LogP contribution in [0.25, 0.3) is 33.5 Å². The summed E-state index contributed by atoms with van der Waals surface area (Å²) in [6.45, 7) is 7.81. The lowest BCUT2D eigenvalue weighted by Gasteiger charge is -2.34. The third-order valence-corrected chi connectivity index (χ3v) is 6.84. The molecule has 0 bridgehead atoms. The van der Waals surface area contributed by atoms with Crippen molar-refractivity contribution in [3.8, 4) is 22.5 Å². The van der Waals surface area contributed by atoms with Crippen molar-refractivity contribution in [2.24, 2.45) is 0 Å². The summed E-state index contributed by atoms with van der Waals surface area (Å²) in [5.41, 5.74) is 5.97. The molecule has 0 radical (unpaired) electrons. The fraction of sp³-hybridized carbons (Fsp3) is 0.364. The Morgan fingerprint density at radius 1 is 1.06 bits per heavy atom. The molecule has 33 heavy (non-hydrogen) atoms. The van der Waals surface area contributed by atoms with Crippen molar-refractivity contribution in [3.05, 3.63) is 35.7 Å². The number of hydrogen-bond donors (Lipinski definition) is 2. The van der Waals surface area contributed by atoms with Gasteiger partial charge in [0, 0.05) is 35.3 Å². The predicted octanol–water partition coefficient (Wildman–Crippen LogP) is 2.66.